The van der Waals surface area contributed by atoms with Crippen molar-refractivity contribution in [2.45, 2.75) is 19.4 Å². The zero-order valence-corrected chi connectivity index (χ0v) is 19.4. The van der Waals surface area contributed by atoms with E-state index in [0.717, 1.165) is 12.0 Å². The highest BCUT2D eigenvalue weighted by molar-refractivity contribution is 6.04. The van der Waals surface area contributed by atoms with Crippen molar-refractivity contribution in [2.24, 2.45) is 11.3 Å². The SMILES string of the molecule is COc1cc2ncnc(-c3cn(CC(F)F)nc3-c3ccccc3)c2cc1NC(=O)[C@@]12COC[C@@H]1C2. The van der Waals surface area contributed by atoms with Crippen molar-refractivity contribution in [1.82, 2.24) is 19.7 Å². The molecule has 0 spiro atoms. The fourth-order valence-electron chi connectivity index (χ4n) is 4.95. The molecule has 2 aliphatic rings. The largest absolute Gasteiger partial charge is 0.494 e. The van der Waals surface area contributed by atoms with Gasteiger partial charge in [0.05, 0.1) is 42.6 Å². The Morgan fingerprint density at radius 3 is 2.78 bits per heavy atom. The molecule has 36 heavy (non-hydrogen) atoms. The van der Waals surface area contributed by atoms with E-state index in [0.29, 0.717) is 52.5 Å². The zero-order valence-electron chi connectivity index (χ0n) is 19.4. The van der Waals surface area contributed by atoms with E-state index in [1.807, 2.05) is 30.3 Å². The first kappa shape index (κ1) is 22.5. The van der Waals surface area contributed by atoms with Gasteiger partial charge in [-0.3, -0.25) is 9.48 Å². The maximum atomic E-state index is 13.2. The normalized spacial score (nSPS) is 20.5. The van der Waals surface area contributed by atoms with E-state index in [1.165, 1.54) is 18.1 Å². The van der Waals surface area contributed by atoms with Gasteiger partial charge in [-0.25, -0.2) is 18.7 Å². The number of carbonyl (C=O) groups is 1. The third kappa shape index (κ3) is 3.78. The van der Waals surface area contributed by atoms with E-state index >= 15 is 0 Å². The molecule has 1 aliphatic carbocycles. The van der Waals surface area contributed by atoms with Gasteiger partial charge in [0.25, 0.3) is 6.43 Å². The van der Waals surface area contributed by atoms with Crippen molar-refractivity contribution in [2.75, 3.05) is 25.6 Å². The molecule has 0 radical (unpaired) electrons. The highest BCUT2D eigenvalue weighted by Crippen LogP contribution is 2.57. The number of ether oxygens (including phenoxy) is 2. The Bertz CT molecular complexity index is 1460. The summed E-state index contributed by atoms with van der Waals surface area (Å²) in [4.78, 5) is 22.0. The van der Waals surface area contributed by atoms with Gasteiger partial charge in [-0.1, -0.05) is 30.3 Å². The molecule has 2 aromatic heterocycles. The van der Waals surface area contributed by atoms with Crippen molar-refractivity contribution in [3.8, 4) is 28.3 Å². The summed E-state index contributed by atoms with van der Waals surface area (Å²) in [6.07, 6.45) is 1.24. The molecule has 1 aliphatic heterocycles. The second-order valence-electron chi connectivity index (χ2n) is 9.19. The molecular formula is C26H23F2N5O3. The zero-order chi connectivity index (χ0) is 24.9. The van der Waals surface area contributed by atoms with Crippen molar-refractivity contribution in [3.05, 3.63) is 55.0 Å². The molecule has 1 N–H and O–H groups in total. The number of aromatic nitrogens is 4. The number of rotatable bonds is 7. The van der Waals surface area contributed by atoms with Crippen LogP contribution in [0.2, 0.25) is 0 Å². The third-order valence-electron chi connectivity index (χ3n) is 6.96. The molecule has 2 fully saturated rings. The van der Waals surface area contributed by atoms with Crippen LogP contribution in [0.25, 0.3) is 33.4 Å². The second-order valence-corrected chi connectivity index (χ2v) is 9.19. The molecule has 2 atom stereocenters. The number of halogens is 2. The summed E-state index contributed by atoms with van der Waals surface area (Å²) in [6, 6.07) is 12.8. The minimum atomic E-state index is -2.56. The molecule has 4 aromatic rings. The summed E-state index contributed by atoms with van der Waals surface area (Å²) < 4.78 is 38.6. The smallest absolute Gasteiger partial charge is 0.257 e. The molecular weight excluding hydrogens is 468 g/mol. The number of alkyl halides is 2. The number of anilines is 1. The van der Waals surface area contributed by atoms with Gasteiger partial charge in [0, 0.05) is 34.7 Å². The number of benzene rings is 2. The summed E-state index contributed by atoms with van der Waals surface area (Å²) in [5.41, 5.74) is 2.99. The van der Waals surface area contributed by atoms with Crippen LogP contribution in [-0.2, 0) is 16.1 Å². The Morgan fingerprint density at radius 2 is 2.08 bits per heavy atom. The predicted molar refractivity (Wildman–Crippen MR) is 129 cm³/mol. The minimum absolute atomic E-state index is 0.101. The van der Waals surface area contributed by atoms with Gasteiger partial charge in [0.15, 0.2) is 0 Å². The standard InChI is InChI=1S/C26H23F2N5O3/c1-35-21-8-19-17(7-20(21)31-25(34)26-9-16(26)12-36-13-26)24(30-14-29-19)18-10-33(11-22(27)28)32-23(18)15-5-3-2-4-6-15/h2-8,10,14,16,22H,9,11-13H2,1H3,(H,31,34)/t16-,26-/m0/s1. The average Bonchev–Trinajstić information content (AvgIpc) is 3.21. The monoisotopic (exact) mass is 491 g/mol. The first-order valence-electron chi connectivity index (χ1n) is 11.6. The maximum Gasteiger partial charge on any atom is 0.257 e. The molecule has 2 aromatic carbocycles. The predicted octanol–water partition coefficient (Wildman–Crippen LogP) is 4.41. The van der Waals surface area contributed by atoms with Crippen LogP contribution < -0.4 is 10.1 Å². The molecule has 0 unspecified atom stereocenters. The number of methoxy groups -OCH3 is 1. The summed E-state index contributed by atoms with van der Waals surface area (Å²) in [5.74, 6) is 0.609. The van der Waals surface area contributed by atoms with Gasteiger partial charge < -0.3 is 14.8 Å². The molecule has 10 heteroatoms. The molecule has 3 heterocycles. The van der Waals surface area contributed by atoms with Gasteiger partial charge in [0.1, 0.15) is 24.3 Å². The van der Waals surface area contributed by atoms with Crippen LogP contribution in [0.5, 0.6) is 5.75 Å². The number of fused-ring (bicyclic) bond motifs is 2. The van der Waals surface area contributed by atoms with E-state index in [4.69, 9.17) is 9.47 Å². The highest BCUT2D eigenvalue weighted by Gasteiger charge is 2.63. The van der Waals surface area contributed by atoms with Gasteiger partial charge in [-0.15, -0.1) is 0 Å². The molecule has 1 saturated carbocycles. The van der Waals surface area contributed by atoms with E-state index in [1.54, 1.807) is 18.3 Å². The molecule has 1 amide bonds. The van der Waals surface area contributed by atoms with Crippen LogP contribution in [0, 0.1) is 11.3 Å². The van der Waals surface area contributed by atoms with Crippen molar-refractivity contribution >= 4 is 22.5 Å². The minimum Gasteiger partial charge on any atom is -0.494 e. The van der Waals surface area contributed by atoms with Gasteiger partial charge in [-0.05, 0) is 12.5 Å². The van der Waals surface area contributed by atoms with Gasteiger partial charge >= 0.3 is 0 Å². The topological polar surface area (TPSA) is 91.2 Å². The molecule has 184 valence electrons. The quantitative estimate of drug-likeness (QED) is 0.412. The van der Waals surface area contributed by atoms with E-state index in [-0.39, 0.29) is 11.8 Å². The van der Waals surface area contributed by atoms with E-state index in [9.17, 15) is 13.6 Å². The van der Waals surface area contributed by atoms with E-state index < -0.39 is 18.4 Å². The van der Waals surface area contributed by atoms with E-state index in [2.05, 4.69) is 20.4 Å². The van der Waals surface area contributed by atoms with Crippen LogP contribution in [0.1, 0.15) is 6.42 Å². The van der Waals surface area contributed by atoms with Gasteiger partial charge in [-0.2, -0.15) is 5.10 Å². The van der Waals surface area contributed by atoms with Crippen LogP contribution in [0.15, 0.2) is 55.0 Å². The summed E-state index contributed by atoms with van der Waals surface area (Å²) in [7, 11) is 1.53. The molecule has 1 saturated heterocycles. The van der Waals surface area contributed by atoms with Crippen molar-refractivity contribution in [1.29, 1.82) is 0 Å². The Kier molecular flexibility index (Phi) is 5.40. The number of hydrogen-bond donors (Lipinski definition) is 1. The summed E-state index contributed by atoms with van der Waals surface area (Å²) >= 11 is 0. The third-order valence-corrected chi connectivity index (χ3v) is 6.96. The Labute approximate surface area is 205 Å². The second kappa shape index (κ2) is 8.63. The average molecular weight is 491 g/mol. The Morgan fingerprint density at radius 1 is 1.25 bits per heavy atom. The van der Waals surface area contributed by atoms with Crippen molar-refractivity contribution < 1.29 is 23.0 Å². The first-order valence-corrected chi connectivity index (χ1v) is 11.6. The fraction of sp³-hybridized carbons (Fsp3) is 0.308. The van der Waals surface area contributed by atoms with Crippen LogP contribution in [0.4, 0.5) is 14.5 Å². The fourth-order valence-corrected chi connectivity index (χ4v) is 4.95. The van der Waals surface area contributed by atoms with Crippen LogP contribution in [0.3, 0.4) is 0 Å². The highest BCUT2D eigenvalue weighted by atomic mass is 19.3. The lowest BCUT2D eigenvalue weighted by molar-refractivity contribution is -0.121. The number of amides is 1. The number of nitrogens with one attached hydrogen (secondary N) is 1. The van der Waals surface area contributed by atoms with Gasteiger partial charge in [0.2, 0.25) is 5.91 Å². The van der Waals surface area contributed by atoms with Crippen LogP contribution >= 0.6 is 0 Å². The first-order chi connectivity index (χ1) is 17.5. The lowest BCUT2D eigenvalue weighted by Crippen LogP contribution is -2.27. The Hall–Kier alpha value is -3.92. The number of nitrogens with zero attached hydrogens (tertiary/aromatic N) is 4. The number of hydrogen-bond acceptors (Lipinski definition) is 6. The summed E-state index contributed by atoms with van der Waals surface area (Å²) in [5, 5.41) is 8.09. The lowest BCUT2D eigenvalue weighted by Gasteiger charge is -2.16. The van der Waals surface area contributed by atoms with Crippen LogP contribution in [-0.4, -0.2) is 52.4 Å². The van der Waals surface area contributed by atoms with Crippen molar-refractivity contribution in [3.63, 3.8) is 0 Å². The Balaban J connectivity index is 1.47. The summed E-state index contributed by atoms with van der Waals surface area (Å²) in [6.45, 7) is 0.478. The number of carbonyl (C=O) groups excluding carboxylic acids is 1. The molecule has 8 nitrogen and oxygen atoms in total. The molecule has 0 bridgehead atoms. The maximum absolute atomic E-state index is 13.2. The lowest BCUT2D eigenvalue weighted by atomic mass is 10.0. The molecule has 6 rings (SSSR count).